The van der Waals surface area contributed by atoms with E-state index in [1.54, 1.807) is 0 Å². The number of methoxy groups -OCH3 is 1. The quantitative estimate of drug-likeness (QED) is 0.508. The SMILES string of the molecule is CCC(CC(=O)OC)O[Si](C)(C)C. The third-order valence-electron chi connectivity index (χ3n) is 1.60. The Morgan fingerprint density at radius 1 is 1.38 bits per heavy atom. The first-order chi connectivity index (χ1) is 5.89. The lowest BCUT2D eigenvalue weighted by Gasteiger charge is -2.24. The second-order valence-corrected chi connectivity index (χ2v) is 8.50. The molecule has 0 aliphatic rings. The number of ether oxygens (including phenoxy) is 1. The number of hydrogen-bond acceptors (Lipinski definition) is 3. The van der Waals surface area contributed by atoms with Crippen molar-refractivity contribution in [1.29, 1.82) is 0 Å². The molecule has 0 saturated carbocycles. The van der Waals surface area contributed by atoms with Gasteiger partial charge in [0.25, 0.3) is 0 Å². The van der Waals surface area contributed by atoms with E-state index in [4.69, 9.17) is 4.43 Å². The van der Waals surface area contributed by atoms with Gasteiger partial charge in [-0.3, -0.25) is 4.79 Å². The fraction of sp³-hybridized carbons (Fsp3) is 0.889. The first-order valence-electron chi connectivity index (χ1n) is 4.63. The van der Waals surface area contributed by atoms with Crippen molar-refractivity contribution in [3.05, 3.63) is 0 Å². The maximum absolute atomic E-state index is 11.0. The number of rotatable bonds is 5. The van der Waals surface area contributed by atoms with Crippen molar-refractivity contribution in [2.45, 2.75) is 45.5 Å². The summed E-state index contributed by atoms with van der Waals surface area (Å²) in [5.74, 6) is -0.190. The normalized spacial score (nSPS) is 13.9. The summed E-state index contributed by atoms with van der Waals surface area (Å²) in [6.07, 6.45) is 1.26. The molecule has 1 atom stereocenters. The Hall–Kier alpha value is -0.353. The first kappa shape index (κ1) is 12.6. The van der Waals surface area contributed by atoms with Gasteiger partial charge in [-0.15, -0.1) is 0 Å². The van der Waals surface area contributed by atoms with Crippen molar-refractivity contribution >= 4 is 14.3 Å². The zero-order valence-corrected chi connectivity index (χ0v) is 10.2. The van der Waals surface area contributed by atoms with E-state index in [0.29, 0.717) is 6.42 Å². The Labute approximate surface area is 81.6 Å². The highest BCUT2D eigenvalue weighted by Crippen LogP contribution is 2.13. The highest BCUT2D eigenvalue weighted by atomic mass is 28.4. The van der Waals surface area contributed by atoms with Gasteiger partial charge >= 0.3 is 5.97 Å². The molecule has 0 aliphatic carbocycles. The van der Waals surface area contributed by atoms with Gasteiger partial charge in [-0.05, 0) is 26.1 Å². The Balaban J connectivity index is 3.97. The Bertz CT molecular complexity index is 163. The molecule has 4 heteroatoms. The second kappa shape index (κ2) is 5.39. The highest BCUT2D eigenvalue weighted by molar-refractivity contribution is 6.69. The standard InChI is InChI=1S/C9H20O3Si/c1-6-8(7-9(10)11-2)12-13(3,4)5/h8H,6-7H2,1-5H3. The molecule has 0 N–H and O–H groups in total. The molecule has 78 valence electrons. The van der Waals surface area contributed by atoms with Crippen LogP contribution in [-0.2, 0) is 14.0 Å². The molecular weight excluding hydrogens is 184 g/mol. The molecule has 1 unspecified atom stereocenters. The average Bonchev–Trinajstić information content (AvgIpc) is 2.00. The van der Waals surface area contributed by atoms with Gasteiger partial charge < -0.3 is 9.16 Å². The van der Waals surface area contributed by atoms with Gasteiger partial charge in [0, 0.05) is 0 Å². The molecule has 0 aliphatic heterocycles. The largest absolute Gasteiger partial charge is 0.469 e. The lowest BCUT2D eigenvalue weighted by Crippen LogP contribution is -2.33. The van der Waals surface area contributed by atoms with Crippen LogP contribution in [0.2, 0.25) is 19.6 Å². The minimum atomic E-state index is -1.53. The molecule has 0 saturated heterocycles. The van der Waals surface area contributed by atoms with Crippen LogP contribution in [0.15, 0.2) is 0 Å². The Morgan fingerprint density at radius 3 is 2.23 bits per heavy atom. The summed E-state index contributed by atoms with van der Waals surface area (Å²) < 4.78 is 10.4. The minimum Gasteiger partial charge on any atom is -0.469 e. The van der Waals surface area contributed by atoms with Crippen LogP contribution in [0.5, 0.6) is 0 Å². The topological polar surface area (TPSA) is 35.5 Å². The molecule has 3 nitrogen and oxygen atoms in total. The summed E-state index contributed by atoms with van der Waals surface area (Å²) in [5, 5.41) is 0. The molecule has 0 bridgehead atoms. The van der Waals surface area contributed by atoms with E-state index < -0.39 is 8.32 Å². The third-order valence-corrected chi connectivity index (χ3v) is 2.64. The van der Waals surface area contributed by atoms with Crippen LogP contribution in [0.1, 0.15) is 19.8 Å². The molecule has 0 amide bonds. The van der Waals surface area contributed by atoms with E-state index in [1.165, 1.54) is 7.11 Å². The average molecular weight is 204 g/mol. The lowest BCUT2D eigenvalue weighted by molar-refractivity contribution is -0.142. The smallest absolute Gasteiger partial charge is 0.308 e. The van der Waals surface area contributed by atoms with Crippen LogP contribution < -0.4 is 0 Å². The van der Waals surface area contributed by atoms with Gasteiger partial charge in [0.15, 0.2) is 8.32 Å². The molecule has 0 spiro atoms. The number of carbonyl (C=O) groups excluding carboxylic acids is 1. The Kier molecular flexibility index (Phi) is 5.25. The number of carbonyl (C=O) groups is 1. The molecule has 0 rings (SSSR count). The van der Waals surface area contributed by atoms with Crippen molar-refractivity contribution in [3.8, 4) is 0 Å². The van der Waals surface area contributed by atoms with Gasteiger partial charge in [-0.2, -0.15) is 0 Å². The fourth-order valence-electron chi connectivity index (χ4n) is 1.04. The van der Waals surface area contributed by atoms with E-state index in [2.05, 4.69) is 24.4 Å². The zero-order valence-electron chi connectivity index (χ0n) is 9.22. The minimum absolute atomic E-state index is 0.0270. The zero-order chi connectivity index (χ0) is 10.5. The molecule has 0 aromatic heterocycles. The molecule has 13 heavy (non-hydrogen) atoms. The fourth-order valence-corrected chi connectivity index (χ4v) is 2.29. The molecule has 0 aromatic rings. The van der Waals surface area contributed by atoms with Crippen LogP contribution in [0.25, 0.3) is 0 Å². The highest BCUT2D eigenvalue weighted by Gasteiger charge is 2.21. The van der Waals surface area contributed by atoms with E-state index >= 15 is 0 Å². The number of hydrogen-bond donors (Lipinski definition) is 0. The van der Waals surface area contributed by atoms with Gasteiger partial charge in [0.2, 0.25) is 0 Å². The van der Waals surface area contributed by atoms with Crippen LogP contribution in [0.3, 0.4) is 0 Å². The summed E-state index contributed by atoms with van der Waals surface area (Å²) in [5.41, 5.74) is 0. The van der Waals surface area contributed by atoms with E-state index in [1.807, 2.05) is 6.92 Å². The maximum Gasteiger partial charge on any atom is 0.308 e. The van der Waals surface area contributed by atoms with Gasteiger partial charge in [0.1, 0.15) is 0 Å². The summed E-state index contributed by atoms with van der Waals surface area (Å²) in [4.78, 5) is 11.0. The molecule has 0 aromatic carbocycles. The maximum atomic E-state index is 11.0. The van der Waals surface area contributed by atoms with Gasteiger partial charge in [-0.1, -0.05) is 6.92 Å². The Morgan fingerprint density at radius 2 is 1.92 bits per heavy atom. The molecular formula is C9H20O3Si. The van der Waals surface area contributed by atoms with E-state index in [0.717, 1.165) is 6.42 Å². The molecule has 0 radical (unpaired) electrons. The number of esters is 1. The summed E-state index contributed by atoms with van der Waals surface area (Å²) in [6, 6.07) is 0. The predicted octanol–water partition coefficient (Wildman–Crippen LogP) is 2.18. The van der Waals surface area contributed by atoms with Crippen molar-refractivity contribution in [1.82, 2.24) is 0 Å². The van der Waals surface area contributed by atoms with Crippen molar-refractivity contribution in [2.75, 3.05) is 7.11 Å². The lowest BCUT2D eigenvalue weighted by atomic mass is 10.2. The van der Waals surface area contributed by atoms with Gasteiger partial charge in [0.05, 0.1) is 19.6 Å². The summed E-state index contributed by atoms with van der Waals surface area (Å²) in [7, 11) is -0.122. The second-order valence-electron chi connectivity index (χ2n) is 4.04. The van der Waals surface area contributed by atoms with E-state index in [-0.39, 0.29) is 12.1 Å². The van der Waals surface area contributed by atoms with Gasteiger partial charge in [-0.25, -0.2) is 0 Å². The summed E-state index contributed by atoms with van der Waals surface area (Å²) in [6.45, 7) is 8.38. The summed E-state index contributed by atoms with van der Waals surface area (Å²) >= 11 is 0. The van der Waals surface area contributed by atoms with Crippen LogP contribution >= 0.6 is 0 Å². The third kappa shape index (κ3) is 6.78. The van der Waals surface area contributed by atoms with Crippen molar-refractivity contribution in [2.24, 2.45) is 0 Å². The molecule has 0 heterocycles. The van der Waals surface area contributed by atoms with E-state index in [9.17, 15) is 4.79 Å². The van der Waals surface area contributed by atoms with Crippen molar-refractivity contribution < 1.29 is 14.0 Å². The van der Waals surface area contributed by atoms with Crippen LogP contribution in [0.4, 0.5) is 0 Å². The molecule has 0 fully saturated rings. The predicted molar refractivity (Wildman–Crippen MR) is 55.1 cm³/mol. The van der Waals surface area contributed by atoms with Crippen LogP contribution in [0, 0.1) is 0 Å². The monoisotopic (exact) mass is 204 g/mol. The van der Waals surface area contributed by atoms with Crippen LogP contribution in [-0.4, -0.2) is 27.5 Å². The van der Waals surface area contributed by atoms with Crippen molar-refractivity contribution in [3.63, 3.8) is 0 Å². The first-order valence-corrected chi connectivity index (χ1v) is 8.04.